The Morgan fingerprint density at radius 3 is 2.25 bits per heavy atom. The summed E-state index contributed by atoms with van der Waals surface area (Å²) in [6, 6.07) is 9.70. The highest BCUT2D eigenvalue weighted by Crippen LogP contribution is 2.22. The number of anilines is 2. The van der Waals surface area contributed by atoms with Crippen LogP contribution in [0.2, 0.25) is 0 Å². The fraction of sp³-hybridized carbons (Fsp3) is 0.409. The van der Waals surface area contributed by atoms with Gasteiger partial charge in [0.1, 0.15) is 0 Å². The molecule has 0 bridgehead atoms. The number of hydrogen-bond donors (Lipinski definition) is 1. The van der Waals surface area contributed by atoms with Crippen molar-refractivity contribution in [1.29, 1.82) is 0 Å². The van der Waals surface area contributed by atoms with Crippen LogP contribution in [0.25, 0.3) is 0 Å². The Balaban J connectivity index is 2.01. The minimum atomic E-state index is -0.602. The number of carbonyl (C=O) groups is 2. The van der Waals surface area contributed by atoms with Gasteiger partial charge in [-0.15, -0.1) is 0 Å². The average molecular weight is 383 g/mol. The van der Waals surface area contributed by atoms with Gasteiger partial charge in [0.25, 0.3) is 0 Å². The molecule has 2 aromatic rings. The normalized spacial score (nSPS) is 10.4. The van der Waals surface area contributed by atoms with Crippen LogP contribution in [-0.4, -0.2) is 47.9 Å². The number of likely N-dealkylation sites (N-methyl/N-ethyl adjacent to an activating group) is 1. The summed E-state index contributed by atoms with van der Waals surface area (Å²) in [5.41, 5.74) is 3.80. The van der Waals surface area contributed by atoms with Gasteiger partial charge in [-0.3, -0.25) is 14.6 Å². The van der Waals surface area contributed by atoms with Crippen LogP contribution in [0.1, 0.15) is 31.9 Å². The van der Waals surface area contributed by atoms with Crippen molar-refractivity contribution in [3.05, 3.63) is 53.9 Å². The second kappa shape index (κ2) is 10.4. The third-order valence-corrected chi connectivity index (χ3v) is 4.87. The maximum atomic E-state index is 12.6. The van der Waals surface area contributed by atoms with Crippen molar-refractivity contribution in [2.24, 2.45) is 0 Å². The second-order valence-electron chi connectivity index (χ2n) is 6.62. The zero-order valence-electron chi connectivity index (χ0n) is 17.2. The van der Waals surface area contributed by atoms with E-state index >= 15 is 0 Å². The molecule has 2 amide bonds. The van der Waals surface area contributed by atoms with E-state index in [9.17, 15) is 9.59 Å². The third kappa shape index (κ3) is 5.55. The summed E-state index contributed by atoms with van der Waals surface area (Å²) in [5, 5.41) is 2.77. The van der Waals surface area contributed by atoms with Gasteiger partial charge in [-0.05, 0) is 75.6 Å². The molecule has 0 aliphatic rings. The van der Waals surface area contributed by atoms with Gasteiger partial charge in [-0.2, -0.15) is 0 Å². The van der Waals surface area contributed by atoms with Crippen LogP contribution in [0.15, 0.2) is 42.7 Å². The van der Waals surface area contributed by atoms with Gasteiger partial charge in [-0.25, -0.2) is 0 Å². The number of nitrogens with one attached hydrogen (secondary N) is 1. The topological polar surface area (TPSA) is 65.5 Å². The molecule has 0 saturated heterocycles. The van der Waals surface area contributed by atoms with Crippen molar-refractivity contribution in [3.8, 4) is 0 Å². The summed E-state index contributed by atoms with van der Waals surface area (Å²) in [4.78, 5) is 32.9. The zero-order valence-corrected chi connectivity index (χ0v) is 17.2. The predicted molar refractivity (Wildman–Crippen MR) is 114 cm³/mol. The molecule has 2 rings (SSSR count). The lowest BCUT2D eigenvalue weighted by Gasteiger charge is -2.23. The van der Waals surface area contributed by atoms with Gasteiger partial charge in [0.15, 0.2) is 0 Å². The Hall–Kier alpha value is -2.89. The maximum Gasteiger partial charge on any atom is 0.313 e. The smallest absolute Gasteiger partial charge is 0.313 e. The number of carbonyl (C=O) groups excluding carboxylic acids is 2. The fourth-order valence-electron chi connectivity index (χ4n) is 3.11. The predicted octanol–water partition coefficient (Wildman–Crippen LogP) is 3.27. The number of benzene rings is 1. The molecule has 1 N–H and O–H groups in total. The number of pyridine rings is 1. The molecule has 0 aliphatic carbocycles. The number of amides is 2. The first-order chi connectivity index (χ1) is 13.5. The van der Waals surface area contributed by atoms with Gasteiger partial charge in [-0.1, -0.05) is 0 Å². The molecule has 1 heterocycles. The molecule has 0 saturated carbocycles. The van der Waals surface area contributed by atoms with Crippen LogP contribution in [0.3, 0.4) is 0 Å². The van der Waals surface area contributed by atoms with E-state index in [2.05, 4.69) is 29.0 Å². The summed E-state index contributed by atoms with van der Waals surface area (Å²) >= 11 is 0. The lowest BCUT2D eigenvalue weighted by Crippen LogP contribution is -2.40. The molecule has 1 aromatic carbocycles. The quantitative estimate of drug-likeness (QED) is 0.712. The molecule has 6 nitrogen and oxygen atoms in total. The van der Waals surface area contributed by atoms with Crippen molar-refractivity contribution in [1.82, 2.24) is 9.88 Å². The Morgan fingerprint density at radius 2 is 1.68 bits per heavy atom. The fourth-order valence-corrected chi connectivity index (χ4v) is 3.11. The van der Waals surface area contributed by atoms with E-state index in [4.69, 9.17) is 0 Å². The van der Waals surface area contributed by atoms with Crippen LogP contribution in [0.5, 0.6) is 0 Å². The van der Waals surface area contributed by atoms with Crippen LogP contribution in [0.4, 0.5) is 11.4 Å². The molecule has 1 aromatic heterocycles. The first-order valence-electron chi connectivity index (χ1n) is 9.84. The van der Waals surface area contributed by atoms with Gasteiger partial charge in [0, 0.05) is 49.9 Å². The number of hydrogen-bond acceptors (Lipinski definition) is 4. The highest BCUT2D eigenvalue weighted by Gasteiger charge is 2.21. The summed E-state index contributed by atoms with van der Waals surface area (Å²) < 4.78 is 0. The Labute approximate surface area is 167 Å². The molecule has 0 aliphatic heterocycles. The molecular weight excluding hydrogens is 352 g/mol. The van der Waals surface area contributed by atoms with E-state index in [-0.39, 0.29) is 0 Å². The second-order valence-corrected chi connectivity index (χ2v) is 6.62. The van der Waals surface area contributed by atoms with Crippen molar-refractivity contribution in [3.63, 3.8) is 0 Å². The van der Waals surface area contributed by atoms with Crippen molar-refractivity contribution in [2.75, 3.05) is 36.4 Å². The molecule has 0 unspecified atom stereocenters. The standard InChI is InChI=1S/C22H30N4O2/c1-5-25(6-2)19-8-9-20(17(4)16-19)24-21(27)22(28)26(7-3)15-12-18-10-13-23-14-11-18/h8-11,13-14,16H,5-7,12,15H2,1-4H3,(H,24,27). The van der Waals surface area contributed by atoms with E-state index in [1.807, 2.05) is 44.2 Å². The Kier molecular flexibility index (Phi) is 7.99. The lowest BCUT2D eigenvalue weighted by molar-refractivity contribution is -0.143. The number of rotatable bonds is 8. The number of aromatic nitrogens is 1. The maximum absolute atomic E-state index is 12.6. The van der Waals surface area contributed by atoms with Crippen LogP contribution in [-0.2, 0) is 16.0 Å². The van der Waals surface area contributed by atoms with E-state index in [0.29, 0.717) is 25.2 Å². The molecule has 150 valence electrons. The zero-order chi connectivity index (χ0) is 20.5. The van der Waals surface area contributed by atoms with Crippen LogP contribution < -0.4 is 10.2 Å². The first kappa shape index (κ1) is 21.4. The average Bonchev–Trinajstić information content (AvgIpc) is 2.71. The molecule has 6 heteroatoms. The summed E-state index contributed by atoms with van der Waals surface area (Å²) in [6.45, 7) is 10.9. The van der Waals surface area contributed by atoms with Crippen molar-refractivity contribution < 1.29 is 9.59 Å². The van der Waals surface area contributed by atoms with Gasteiger partial charge in [0.05, 0.1) is 0 Å². The molecule has 0 atom stereocenters. The minimum absolute atomic E-state index is 0.483. The van der Waals surface area contributed by atoms with Gasteiger partial charge < -0.3 is 15.1 Å². The molecule has 0 fully saturated rings. The van der Waals surface area contributed by atoms with E-state index < -0.39 is 11.8 Å². The highest BCUT2D eigenvalue weighted by molar-refractivity contribution is 6.39. The molecule has 0 radical (unpaired) electrons. The molecular formula is C22H30N4O2. The minimum Gasteiger partial charge on any atom is -0.372 e. The van der Waals surface area contributed by atoms with Crippen LogP contribution in [0, 0.1) is 6.92 Å². The number of nitrogens with zero attached hydrogens (tertiary/aromatic N) is 3. The third-order valence-electron chi connectivity index (χ3n) is 4.87. The lowest BCUT2D eigenvalue weighted by atomic mass is 10.1. The summed E-state index contributed by atoms with van der Waals surface area (Å²) in [7, 11) is 0. The molecule has 0 spiro atoms. The monoisotopic (exact) mass is 382 g/mol. The SMILES string of the molecule is CCN(CCc1ccncc1)C(=O)C(=O)Nc1ccc(N(CC)CC)cc1C. The summed E-state index contributed by atoms with van der Waals surface area (Å²) in [6.07, 6.45) is 4.14. The van der Waals surface area contributed by atoms with E-state index in [1.165, 1.54) is 0 Å². The van der Waals surface area contributed by atoms with E-state index in [1.54, 1.807) is 17.3 Å². The first-order valence-corrected chi connectivity index (χ1v) is 9.84. The van der Waals surface area contributed by atoms with Crippen molar-refractivity contribution in [2.45, 2.75) is 34.1 Å². The Bertz CT molecular complexity index is 788. The molecule has 28 heavy (non-hydrogen) atoms. The van der Waals surface area contributed by atoms with E-state index in [0.717, 1.165) is 29.9 Å². The number of aryl methyl sites for hydroxylation is 1. The van der Waals surface area contributed by atoms with Gasteiger partial charge in [0.2, 0.25) is 0 Å². The largest absolute Gasteiger partial charge is 0.372 e. The summed E-state index contributed by atoms with van der Waals surface area (Å²) in [5.74, 6) is -1.11. The van der Waals surface area contributed by atoms with Crippen molar-refractivity contribution >= 4 is 23.2 Å². The van der Waals surface area contributed by atoms with Crippen LogP contribution >= 0.6 is 0 Å². The highest BCUT2D eigenvalue weighted by atomic mass is 16.2. The Morgan fingerprint density at radius 1 is 1.00 bits per heavy atom. The van der Waals surface area contributed by atoms with Gasteiger partial charge >= 0.3 is 11.8 Å².